The van der Waals surface area contributed by atoms with Gasteiger partial charge in [-0.05, 0) is 25.5 Å². The molecular formula is C17H18N2O4. The molecule has 1 saturated heterocycles. The predicted octanol–water partition coefficient (Wildman–Crippen LogP) is 2.60. The van der Waals surface area contributed by atoms with Crippen molar-refractivity contribution in [3.8, 4) is 6.07 Å². The molecule has 0 amide bonds. The lowest BCUT2D eigenvalue weighted by Gasteiger charge is -2.10. The molecule has 1 aliphatic heterocycles. The van der Waals surface area contributed by atoms with Gasteiger partial charge in [0.05, 0.1) is 30.9 Å². The summed E-state index contributed by atoms with van der Waals surface area (Å²) in [5, 5.41) is 9.48. The number of carbonyl (C=O) groups is 1. The average Bonchev–Trinajstić information content (AvgIpc) is 3.19. The molecular weight excluding hydrogens is 296 g/mol. The summed E-state index contributed by atoms with van der Waals surface area (Å²) in [5.41, 5.74) is 3.09. The van der Waals surface area contributed by atoms with Crippen LogP contribution in [0, 0.1) is 11.3 Å². The van der Waals surface area contributed by atoms with Gasteiger partial charge in [-0.25, -0.2) is 4.79 Å². The van der Waals surface area contributed by atoms with Gasteiger partial charge in [-0.3, -0.25) is 0 Å². The van der Waals surface area contributed by atoms with Crippen LogP contribution in [0.4, 0.5) is 0 Å². The van der Waals surface area contributed by atoms with E-state index in [-0.39, 0.29) is 6.61 Å². The minimum Gasteiger partial charge on any atom is -0.462 e. The Balaban J connectivity index is 2.21. The van der Waals surface area contributed by atoms with Crippen molar-refractivity contribution >= 4 is 11.5 Å². The van der Waals surface area contributed by atoms with E-state index < -0.39 is 12.3 Å². The fraction of sp³-hybridized carbons (Fsp3) is 0.412. The molecule has 0 bridgehead atoms. The Morgan fingerprint density at radius 2 is 2.17 bits per heavy atom. The van der Waals surface area contributed by atoms with Gasteiger partial charge in [0, 0.05) is 17.3 Å². The Morgan fingerprint density at radius 1 is 1.43 bits per heavy atom. The summed E-state index contributed by atoms with van der Waals surface area (Å²) >= 11 is 0. The fourth-order valence-corrected chi connectivity index (χ4v) is 2.92. The van der Waals surface area contributed by atoms with E-state index in [1.165, 1.54) is 0 Å². The first-order valence-corrected chi connectivity index (χ1v) is 7.68. The lowest BCUT2D eigenvalue weighted by atomic mass is 10.1. The van der Waals surface area contributed by atoms with E-state index in [4.69, 9.17) is 14.2 Å². The van der Waals surface area contributed by atoms with Gasteiger partial charge < -0.3 is 18.6 Å². The summed E-state index contributed by atoms with van der Waals surface area (Å²) in [6.07, 6.45) is 1.92. The summed E-state index contributed by atoms with van der Waals surface area (Å²) in [7, 11) is 0. The maximum atomic E-state index is 12.4. The SMILES string of the molecule is CCOC(=O)c1c(CC)c(C#N)n2ccc(C3OCCO3)cc12. The minimum atomic E-state index is -0.430. The molecule has 23 heavy (non-hydrogen) atoms. The third-order valence-corrected chi connectivity index (χ3v) is 3.90. The third-order valence-electron chi connectivity index (χ3n) is 3.90. The molecule has 0 radical (unpaired) electrons. The van der Waals surface area contributed by atoms with Crippen LogP contribution in [0.2, 0.25) is 0 Å². The van der Waals surface area contributed by atoms with Crippen LogP contribution in [0.3, 0.4) is 0 Å². The number of rotatable bonds is 4. The van der Waals surface area contributed by atoms with Gasteiger partial charge >= 0.3 is 5.97 Å². The van der Waals surface area contributed by atoms with Gasteiger partial charge in [0.25, 0.3) is 0 Å². The smallest absolute Gasteiger partial charge is 0.340 e. The number of pyridine rings is 1. The Bertz CT molecular complexity index is 782. The second-order valence-corrected chi connectivity index (χ2v) is 5.18. The number of esters is 1. The first kappa shape index (κ1) is 15.5. The second kappa shape index (κ2) is 6.41. The molecule has 0 N–H and O–H groups in total. The molecule has 2 aromatic heterocycles. The van der Waals surface area contributed by atoms with Crippen molar-refractivity contribution in [1.82, 2.24) is 4.40 Å². The number of hydrogen-bond donors (Lipinski definition) is 0. The second-order valence-electron chi connectivity index (χ2n) is 5.18. The first-order valence-electron chi connectivity index (χ1n) is 7.68. The average molecular weight is 314 g/mol. The van der Waals surface area contributed by atoms with Gasteiger partial charge in [-0.15, -0.1) is 0 Å². The van der Waals surface area contributed by atoms with Gasteiger partial charge in [0.2, 0.25) is 0 Å². The molecule has 0 spiro atoms. The lowest BCUT2D eigenvalue weighted by molar-refractivity contribution is -0.0441. The molecule has 3 heterocycles. The van der Waals surface area contributed by atoms with Crippen LogP contribution in [-0.2, 0) is 20.6 Å². The number of hydrogen-bond acceptors (Lipinski definition) is 5. The molecule has 2 aromatic rings. The molecule has 6 heteroatoms. The number of carbonyl (C=O) groups excluding carboxylic acids is 1. The normalized spacial score (nSPS) is 15.0. The Hall–Kier alpha value is -2.36. The molecule has 0 saturated carbocycles. The standard InChI is InChI=1S/C17H18N2O4/c1-3-12-14(10-18)19-6-5-11(17-22-7-8-23-17)9-13(19)15(12)16(20)21-4-2/h5-6,9,17H,3-4,7-8H2,1-2H3. The third kappa shape index (κ3) is 2.58. The van der Waals surface area contributed by atoms with E-state index in [1.807, 2.05) is 19.1 Å². The fourth-order valence-electron chi connectivity index (χ4n) is 2.92. The van der Waals surface area contributed by atoms with Gasteiger partial charge in [0.1, 0.15) is 11.8 Å². The van der Waals surface area contributed by atoms with Gasteiger partial charge in [-0.1, -0.05) is 6.92 Å². The lowest BCUT2D eigenvalue weighted by Crippen LogP contribution is -2.07. The highest BCUT2D eigenvalue weighted by molar-refractivity contribution is 6.00. The molecule has 1 aliphatic rings. The Labute approximate surface area is 134 Å². The summed E-state index contributed by atoms with van der Waals surface area (Å²) in [6, 6.07) is 5.87. The first-order chi connectivity index (χ1) is 11.2. The van der Waals surface area contributed by atoms with E-state index in [1.54, 1.807) is 17.5 Å². The van der Waals surface area contributed by atoms with Crippen molar-refractivity contribution < 1.29 is 19.0 Å². The van der Waals surface area contributed by atoms with Crippen LogP contribution in [-0.4, -0.2) is 30.2 Å². The summed E-state index contributed by atoms with van der Waals surface area (Å²) in [5.74, 6) is -0.409. The zero-order chi connectivity index (χ0) is 16.4. The molecule has 120 valence electrons. The van der Waals surface area contributed by atoms with Crippen LogP contribution < -0.4 is 0 Å². The summed E-state index contributed by atoms with van der Waals surface area (Å²) < 4.78 is 17.9. The van der Waals surface area contributed by atoms with Crippen molar-refractivity contribution in [2.45, 2.75) is 26.6 Å². The highest BCUT2D eigenvalue weighted by Crippen LogP contribution is 2.30. The molecule has 0 aliphatic carbocycles. The quantitative estimate of drug-likeness (QED) is 0.811. The highest BCUT2D eigenvalue weighted by Gasteiger charge is 2.25. The maximum absolute atomic E-state index is 12.4. The van der Waals surface area contributed by atoms with E-state index in [2.05, 4.69) is 6.07 Å². The number of aromatic nitrogens is 1. The van der Waals surface area contributed by atoms with E-state index in [9.17, 15) is 10.1 Å². The molecule has 6 nitrogen and oxygen atoms in total. The van der Waals surface area contributed by atoms with Crippen molar-refractivity contribution in [2.75, 3.05) is 19.8 Å². The molecule has 3 rings (SSSR count). The molecule has 1 fully saturated rings. The Morgan fingerprint density at radius 3 is 2.78 bits per heavy atom. The largest absolute Gasteiger partial charge is 0.462 e. The van der Waals surface area contributed by atoms with Gasteiger partial charge in [-0.2, -0.15) is 5.26 Å². The van der Waals surface area contributed by atoms with Crippen LogP contribution in [0.25, 0.3) is 5.52 Å². The van der Waals surface area contributed by atoms with Crippen molar-refractivity contribution in [3.63, 3.8) is 0 Å². The van der Waals surface area contributed by atoms with E-state index >= 15 is 0 Å². The molecule has 0 aromatic carbocycles. The summed E-state index contributed by atoms with van der Waals surface area (Å²) in [4.78, 5) is 12.4. The minimum absolute atomic E-state index is 0.287. The number of nitrogens with zero attached hydrogens (tertiary/aromatic N) is 2. The molecule has 0 atom stereocenters. The van der Waals surface area contributed by atoms with Crippen LogP contribution in [0.1, 0.15) is 47.3 Å². The zero-order valence-electron chi connectivity index (χ0n) is 13.2. The molecule has 0 unspecified atom stereocenters. The Kier molecular flexibility index (Phi) is 4.33. The van der Waals surface area contributed by atoms with Crippen LogP contribution >= 0.6 is 0 Å². The zero-order valence-corrected chi connectivity index (χ0v) is 13.2. The van der Waals surface area contributed by atoms with Crippen molar-refractivity contribution in [1.29, 1.82) is 5.26 Å². The topological polar surface area (TPSA) is 73.0 Å². The van der Waals surface area contributed by atoms with E-state index in [0.29, 0.717) is 42.0 Å². The van der Waals surface area contributed by atoms with Crippen LogP contribution in [0.15, 0.2) is 18.3 Å². The number of fused-ring (bicyclic) bond motifs is 1. The van der Waals surface area contributed by atoms with Crippen molar-refractivity contribution in [2.24, 2.45) is 0 Å². The number of ether oxygens (including phenoxy) is 3. The predicted molar refractivity (Wildman–Crippen MR) is 82.1 cm³/mol. The van der Waals surface area contributed by atoms with Gasteiger partial charge in [0.15, 0.2) is 6.29 Å². The highest BCUT2D eigenvalue weighted by atomic mass is 16.7. The monoisotopic (exact) mass is 314 g/mol. The van der Waals surface area contributed by atoms with Crippen LogP contribution in [0.5, 0.6) is 0 Å². The van der Waals surface area contributed by atoms with Crippen molar-refractivity contribution in [3.05, 3.63) is 40.7 Å². The summed E-state index contributed by atoms with van der Waals surface area (Å²) in [6.45, 7) is 5.06. The maximum Gasteiger partial charge on any atom is 0.340 e. The number of nitriles is 1. The van der Waals surface area contributed by atoms with E-state index in [0.717, 1.165) is 5.56 Å².